The van der Waals surface area contributed by atoms with E-state index in [1.54, 1.807) is 18.2 Å². The summed E-state index contributed by atoms with van der Waals surface area (Å²) in [5.41, 5.74) is 0.332. The van der Waals surface area contributed by atoms with Crippen LogP contribution in [-0.4, -0.2) is 38.5 Å². The number of nitrogens with zero attached hydrogens (tertiary/aromatic N) is 1. The van der Waals surface area contributed by atoms with E-state index in [2.05, 4.69) is 0 Å². The molecule has 0 saturated carbocycles. The third-order valence-electron chi connectivity index (χ3n) is 3.47. The molecule has 0 spiro atoms. The Balaban J connectivity index is 3.33. The molecule has 0 bridgehead atoms. The van der Waals surface area contributed by atoms with Crippen molar-refractivity contribution in [1.29, 1.82) is 5.41 Å². The highest BCUT2D eigenvalue weighted by Gasteiger charge is 2.61. The van der Waals surface area contributed by atoms with Crippen molar-refractivity contribution in [3.8, 4) is 0 Å². The van der Waals surface area contributed by atoms with Crippen LogP contribution in [0.3, 0.4) is 0 Å². The number of halogens is 3. The lowest BCUT2D eigenvalue weighted by Gasteiger charge is -2.36. The van der Waals surface area contributed by atoms with Gasteiger partial charge in [-0.05, 0) is 18.6 Å². The van der Waals surface area contributed by atoms with Crippen LogP contribution in [0.4, 0.5) is 18.9 Å². The second-order valence-corrected chi connectivity index (χ2v) is 7.04. The maximum absolute atomic E-state index is 13.4. The topological polar surface area (TPSA) is 61.2 Å². The van der Waals surface area contributed by atoms with Crippen LogP contribution >= 0.6 is 0 Å². The molecule has 21 heavy (non-hydrogen) atoms. The van der Waals surface area contributed by atoms with Crippen molar-refractivity contribution in [2.75, 3.05) is 17.7 Å². The van der Waals surface area contributed by atoms with Crippen LogP contribution in [0.25, 0.3) is 0 Å². The van der Waals surface area contributed by atoms with Crippen LogP contribution in [-0.2, 0) is 9.84 Å². The molecule has 1 rings (SSSR count). The lowest BCUT2D eigenvalue weighted by Crippen LogP contribution is -2.58. The zero-order valence-corrected chi connectivity index (χ0v) is 12.5. The smallest absolute Gasteiger partial charge is 0.331 e. The first-order valence-corrected chi connectivity index (χ1v) is 8.07. The van der Waals surface area contributed by atoms with Gasteiger partial charge in [-0.3, -0.25) is 5.41 Å². The van der Waals surface area contributed by atoms with E-state index < -0.39 is 33.7 Å². The van der Waals surface area contributed by atoms with Crippen molar-refractivity contribution in [2.45, 2.75) is 24.3 Å². The summed E-state index contributed by atoms with van der Waals surface area (Å²) in [6, 6.07) is 7.92. The maximum atomic E-state index is 13.4. The molecule has 0 aliphatic rings. The first-order chi connectivity index (χ1) is 9.59. The second-order valence-electron chi connectivity index (χ2n) is 4.71. The molecule has 0 saturated heterocycles. The number of hydrogen-bond donors (Lipinski definition) is 1. The van der Waals surface area contributed by atoms with Gasteiger partial charge in [-0.15, -0.1) is 0 Å². The predicted octanol–water partition coefficient (Wildman–Crippen LogP) is 2.86. The first kappa shape index (κ1) is 17.5. The van der Waals surface area contributed by atoms with Gasteiger partial charge in [-0.1, -0.05) is 25.1 Å². The van der Waals surface area contributed by atoms with E-state index in [0.29, 0.717) is 18.3 Å². The zero-order chi connectivity index (χ0) is 16.3. The van der Waals surface area contributed by atoms with Gasteiger partial charge in [-0.25, -0.2) is 8.42 Å². The number of anilines is 1. The summed E-state index contributed by atoms with van der Waals surface area (Å²) in [6.45, 7) is 0.334. The molecular weight excluding hydrogens is 305 g/mol. The number of hydrogen-bond acceptors (Lipinski definition) is 3. The molecule has 8 heteroatoms. The number of alkyl halides is 3. The minimum Gasteiger partial charge on any atom is -0.331 e. The van der Waals surface area contributed by atoms with Crippen LogP contribution in [0, 0.1) is 5.41 Å². The van der Waals surface area contributed by atoms with Gasteiger partial charge in [0.2, 0.25) is 0 Å². The molecular formula is C13H17F3N2O2S. The van der Waals surface area contributed by atoms with Gasteiger partial charge in [0, 0.05) is 11.9 Å². The Hall–Kier alpha value is -1.57. The number of benzene rings is 1. The molecule has 1 atom stereocenters. The fourth-order valence-corrected chi connectivity index (χ4v) is 3.42. The molecule has 0 fully saturated rings. The highest BCUT2D eigenvalue weighted by Crippen LogP contribution is 2.40. The van der Waals surface area contributed by atoms with Gasteiger partial charge in [-0.2, -0.15) is 13.2 Å². The van der Waals surface area contributed by atoms with E-state index in [9.17, 15) is 21.6 Å². The summed E-state index contributed by atoms with van der Waals surface area (Å²) >= 11 is 0. The highest BCUT2D eigenvalue weighted by atomic mass is 32.2. The van der Waals surface area contributed by atoms with Gasteiger partial charge in [0.15, 0.2) is 14.6 Å². The summed E-state index contributed by atoms with van der Waals surface area (Å²) in [5.74, 6) is 0. The third kappa shape index (κ3) is 3.37. The van der Waals surface area contributed by atoms with Crippen LogP contribution in [0.15, 0.2) is 30.3 Å². The largest absolute Gasteiger partial charge is 0.409 e. The number of para-hydroxylation sites is 1. The summed E-state index contributed by atoms with van der Waals surface area (Å²) in [7, 11) is -4.42. The van der Waals surface area contributed by atoms with E-state index in [4.69, 9.17) is 5.41 Å². The standard InChI is InChI=1S/C13H17F3N2O2S/c1-3-12(13(14,15)16,21(2,19)20)9-18(10-17)11-7-5-4-6-8-11/h4-8,10,17H,3,9H2,1-2H3. The highest BCUT2D eigenvalue weighted by molar-refractivity contribution is 7.92. The van der Waals surface area contributed by atoms with E-state index in [0.717, 1.165) is 4.90 Å². The van der Waals surface area contributed by atoms with Gasteiger partial charge < -0.3 is 4.90 Å². The summed E-state index contributed by atoms with van der Waals surface area (Å²) in [4.78, 5) is 0.984. The van der Waals surface area contributed by atoms with Gasteiger partial charge >= 0.3 is 6.18 Å². The molecule has 1 N–H and O–H groups in total. The van der Waals surface area contributed by atoms with Gasteiger partial charge in [0.25, 0.3) is 0 Å². The lowest BCUT2D eigenvalue weighted by molar-refractivity contribution is -0.159. The number of sulfone groups is 1. The fraction of sp³-hybridized carbons (Fsp3) is 0.462. The normalized spacial score (nSPS) is 15.3. The van der Waals surface area contributed by atoms with E-state index in [-0.39, 0.29) is 0 Å². The molecule has 0 aromatic heterocycles. The summed E-state index contributed by atoms with van der Waals surface area (Å²) in [6.07, 6.45) is -4.26. The average Bonchev–Trinajstić information content (AvgIpc) is 2.38. The van der Waals surface area contributed by atoms with Gasteiger partial charge in [0.05, 0.1) is 12.9 Å². The van der Waals surface area contributed by atoms with Crippen molar-refractivity contribution < 1.29 is 21.6 Å². The molecule has 0 aliphatic carbocycles. The average molecular weight is 322 g/mol. The van der Waals surface area contributed by atoms with E-state index in [1.807, 2.05) is 0 Å². The van der Waals surface area contributed by atoms with Crippen LogP contribution < -0.4 is 4.90 Å². The molecule has 0 aliphatic heterocycles. The monoisotopic (exact) mass is 322 g/mol. The Morgan fingerprint density at radius 1 is 1.24 bits per heavy atom. The number of rotatable bonds is 6. The molecule has 0 radical (unpaired) electrons. The van der Waals surface area contributed by atoms with Crippen molar-refractivity contribution >= 4 is 21.9 Å². The molecule has 118 valence electrons. The van der Waals surface area contributed by atoms with E-state index >= 15 is 0 Å². The maximum Gasteiger partial charge on any atom is 0.409 e. The lowest BCUT2D eigenvalue weighted by atomic mass is 10.0. The van der Waals surface area contributed by atoms with Crippen LogP contribution in [0.5, 0.6) is 0 Å². The van der Waals surface area contributed by atoms with Crippen molar-refractivity contribution in [3.63, 3.8) is 0 Å². The molecule has 0 amide bonds. The number of nitrogens with one attached hydrogen (secondary N) is 1. The molecule has 0 heterocycles. The first-order valence-electron chi connectivity index (χ1n) is 6.17. The predicted molar refractivity (Wildman–Crippen MR) is 76.5 cm³/mol. The Labute approximate surface area is 122 Å². The third-order valence-corrected chi connectivity index (χ3v) is 5.54. The van der Waals surface area contributed by atoms with Crippen molar-refractivity contribution in [1.82, 2.24) is 0 Å². The van der Waals surface area contributed by atoms with Crippen LogP contribution in [0.2, 0.25) is 0 Å². The summed E-state index contributed by atoms with van der Waals surface area (Å²) < 4.78 is 60.9. The van der Waals surface area contributed by atoms with Crippen molar-refractivity contribution in [2.24, 2.45) is 0 Å². The Bertz CT molecular complexity index is 587. The Morgan fingerprint density at radius 2 is 1.76 bits per heavy atom. The van der Waals surface area contributed by atoms with E-state index in [1.165, 1.54) is 19.1 Å². The zero-order valence-electron chi connectivity index (χ0n) is 11.7. The second kappa shape index (κ2) is 6.05. The quantitative estimate of drug-likeness (QED) is 0.647. The van der Waals surface area contributed by atoms with Crippen LogP contribution in [0.1, 0.15) is 13.3 Å². The molecule has 1 aromatic carbocycles. The SMILES string of the molecule is CCC(CN(C=N)c1ccccc1)(C(F)(F)F)S(C)(=O)=O. The Morgan fingerprint density at radius 3 is 2.10 bits per heavy atom. The molecule has 1 aromatic rings. The minimum absolute atomic E-state index is 0.332. The fourth-order valence-electron chi connectivity index (χ4n) is 2.10. The molecule has 1 unspecified atom stereocenters. The summed E-state index contributed by atoms with van der Waals surface area (Å²) in [5, 5.41) is 7.30. The molecule has 4 nitrogen and oxygen atoms in total. The van der Waals surface area contributed by atoms with Gasteiger partial charge in [0.1, 0.15) is 0 Å². The van der Waals surface area contributed by atoms with Crippen molar-refractivity contribution in [3.05, 3.63) is 30.3 Å². The minimum atomic E-state index is -4.93. The Kier molecular flexibility index (Phi) is 5.03.